The maximum atomic E-state index is 12.7. The van der Waals surface area contributed by atoms with E-state index in [2.05, 4.69) is 36.2 Å². The van der Waals surface area contributed by atoms with E-state index in [1.54, 1.807) is 11.0 Å². The minimum atomic E-state index is -0.120. The van der Waals surface area contributed by atoms with Crippen molar-refractivity contribution in [3.63, 3.8) is 0 Å². The summed E-state index contributed by atoms with van der Waals surface area (Å²) in [6, 6.07) is 13.5. The zero-order valence-electron chi connectivity index (χ0n) is 13.6. The minimum Gasteiger partial charge on any atom is -0.370 e. The first-order valence-corrected chi connectivity index (χ1v) is 8.07. The molecule has 0 N–H and O–H groups in total. The summed E-state index contributed by atoms with van der Waals surface area (Å²) in [6.45, 7) is 3.68. The Hall–Kier alpha value is -2.71. The Kier molecular flexibility index (Phi) is 4.88. The highest BCUT2D eigenvalue weighted by Gasteiger charge is 2.26. The predicted molar refractivity (Wildman–Crippen MR) is 89.4 cm³/mol. The number of hydrogen-bond donors (Lipinski definition) is 0. The number of ether oxygens (including phenoxy) is 1. The van der Waals surface area contributed by atoms with Crippen LogP contribution in [0, 0.1) is 11.3 Å². The summed E-state index contributed by atoms with van der Waals surface area (Å²) in [5, 5.41) is 8.93. The molecule has 0 bridgehead atoms. The quantitative estimate of drug-likeness (QED) is 0.872. The molecule has 1 aromatic carbocycles. The average molecular weight is 321 g/mol. The van der Waals surface area contributed by atoms with E-state index < -0.39 is 0 Å². The van der Waals surface area contributed by atoms with Gasteiger partial charge in [-0.2, -0.15) is 5.26 Å². The van der Waals surface area contributed by atoms with Crippen molar-refractivity contribution in [2.45, 2.75) is 19.4 Å². The maximum absolute atomic E-state index is 12.7. The standard InChI is InChI=1S/C19H19N3O2/c1-2-14-3-5-15(6-4-14)18-13-22(9-10-24-18)19(23)16-7-8-21-17(11-16)12-20/h3-8,11,18H,2,9-10,13H2,1H3. The zero-order valence-corrected chi connectivity index (χ0v) is 13.6. The van der Waals surface area contributed by atoms with Crippen LogP contribution in [-0.4, -0.2) is 35.5 Å². The van der Waals surface area contributed by atoms with Gasteiger partial charge in [0.25, 0.3) is 5.91 Å². The Morgan fingerprint density at radius 2 is 2.17 bits per heavy atom. The van der Waals surface area contributed by atoms with Crippen LogP contribution in [0.3, 0.4) is 0 Å². The fourth-order valence-electron chi connectivity index (χ4n) is 2.81. The fraction of sp³-hybridized carbons (Fsp3) is 0.316. The van der Waals surface area contributed by atoms with Gasteiger partial charge in [-0.25, -0.2) is 4.98 Å². The molecule has 0 spiro atoms. The molecule has 122 valence electrons. The number of carbonyl (C=O) groups is 1. The minimum absolute atomic E-state index is 0.0904. The summed E-state index contributed by atoms with van der Waals surface area (Å²) in [7, 11) is 0. The van der Waals surface area contributed by atoms with Crippen molar-refractivity contribution < 1.29 is 9.53 Å². The van der Waals surface area contributed by atoms with Crippen LogP contribution in [0.2, 0.25) is 0 Å². The maximum Gasteiger partial charge on any atom is 0.254 e. The van der Waals surface area contributed by atoms with Gasteiger partial charge in [0, 0.05) is 18.3 Å². The Balaban J connectivity index is 1.74. The Morgan fingerprint density at radius 3 is 2.88 bits per heavy atom. The van der Waals surface area contributed by atoms with E-state index in [1.165, 1.54) is 17.8 Å². The smallest absolute Gasteiger partial charge is 0.254 e. The highest BCUT2D eigenvalue weighted by atomic mass is 16.5. The lowest BCUT2D eigenvalue weighted by atomic mass is 10.0. The van der Waals surface area contributed by atoms with Crippen LogP contribution in [0.4, 0.5) is 0 Å². The molecule has 0 radical (unpaired) electrons. The number of aryl methyl sites for hydroxylation is 1. The summed E-state index contributed by atoms with van der Waals surface area (Å²) in [6.07, 6.45) is 2.37. The lowest BCUT2D eigenvalue weighted by Gasteiger charge is -2.33. The van der Waals surface area contributed by atoms with Crippen LogP contribution >= 0.6 is 0 Å². The van der Waals surface area contributed by atoms with Crippen molar-refractivity contribution in [2.24, 2.45) is 0 Å². The molecule has 0 aliphatic carbocycles. The van der Waals surface area contributed by atoms with Gasteiger partial charge in [-0.15, -0.1) is 0 Å². The van der Waals surface area contributed by atoms with Gasteiger partial charge in [0.1, 0.15) is 17.9 Å². The lowest BCUT2D eigenvalue weighted by molar-refractivity contribution is -0.0228. The van der Waals surface area contributed by atoms with Gasteiger partial charge in [-0.3, -0.25) is 4.79 Å². The second kappa shape index (κ2) is 7.24. The molecule has 24 heavy (non-hydrogen) atoms. The van der Waals surface area contributed by atoms with E-state index in [-0.39, 0.29) is 17.7 Å². The molecule has 3 rings (SSSR count). The summed E-state index contributed by atoms with van der Waals surface area (Å²) in [4.78, 5) is 18.4. The number of carbonyl (C=O) groups excluding carboxylic acids is 1. The van der Waals surface area contributed by atoms with Crippen LogP contribution in [0.25, 0.3) is 0 Å². The Labute approximate surface area is 141 Å². The Bertz CT molecular complexity index is 765. The third-order valence-corrected chi connectivity index (χ3v) is 4.23. The van der Waals surface area contributed by atoms with Crippen molar-refractivity contribution >= 4 is 5.91 Å². The van der Waals surface area contributed by atoms with E-state index in [9.17, 15) is 4.79 Å². The first-order valence-electron chi connectivity index (χ1n) is 8.07. The highest BCUT2D eigenvalue weighted by Crippen LogP contribution is 2.24. The van der Waals surface area contributed by atoms with Crippen LogP contribution in [0.15, 0.2) is 42.6 Å². The third kappa shape index (κ3) is 3.44. The molecular weight excluding hydrogens is 302 g/mol. The van der Waals surface area contributed by atoms with Crippen LogP contribution in [0.1, 0.15) is 40.2 Å². The van der Waals surface area contributed by atoms with Gasteiger partial charge in [0.2, 0.25) is 0 Å². The van der Waals surface area contributed by atoms with Gasteiger partial charge in [-0.1, -0.05) is 31.2 Å². The van der Waals surface area contributed by atoms with Gasteiger partial charge >= 0.3 is 0 Å². The lowest BCUT2D eigenvalue weighted by Crippen LogP contribution is -2.42. The predicted octanol–water partition coefficient (Wildman–Crippen LogP) is 2.73. The number of hydrogen-bond acceptors (Lipinski definition) is 4. The molecule has 1 aliphatic rings. The molecule has 1 fully saturated rings. The normalized spacial score (nSPS) is 17.3. The first kappa shape index (κ1) is 16.2. The fourth-order valence-corrected chi connectivity index (χ4v) is 2.81. The van der Waals surface area contributed by atoms with Crippen LogP contribution in [-0.2, 0) is 11.2 Å². The molecule has 2 heterocycles. The van der Waals surface area contributed by atoms with E-state index >= 15 is 0 Å². The molecule has 1 amide bonds. The van der Waals surface area contributed by atoms with Crippen molar-refractivity contribution in [3.05, 3.63) is 65.0 Å². The van der Waals surface area contributed by atoms with Gasteiger partial charge in [0.15, 0.2) is 0 Å². The SMILES string of the molecule is CCc1ccc(C2CN(C(=O)c3ccnc(C#N)c3)CCO2)cc1. The van der Waals surface area contributed by atoms with Gasteiger partial charge < -0.3 is 9.64 Å². The van der Waals surface area contributed by atoms with E-state index in [4.69, 9.17) is 10.00 Å². The van der Waals surface area contributed by atoms with Crippen molar-refractivity contribution in [1.82, 2.24) is 9.88 Å². The molecule has 1 aliphatic heterocycles. The summed E-state index contributed by atoms with van der Waals surface area (Å²) in [5.74, 6) is -0.0904. The average Bonchev–Trinajstić information content (AvgIpc) is 2.67. The van der Waals surface area contributed by atoms with E-state index in [0.717, 1.165) is 12.0 Å². The Morgan fingerprint density at radius 1 is 1.38 bits per heavy atom. The van der Waals surface area contributed by atoms with Gasteiger partial charge in [-0.05, 0) is 29.7 Å². The molecule has 1 saturated heterocycles. The number of amides is 1. The number of morpholine rings is 1. The molecular formula is C19H19N3O2. The second-order valence-electron chi connectivity index (χ2n) is 5.75. The first-order chi connectivity index (χ1) is 11.7. The molecule has 2 aromatic rings. The molecule has 1 atom stereocenters. The largest absolute Gasteiger partial charge is 0.370 e. The van der Waals surface area contributed by atoms with Crippen molar-refractivity contribution in [2.75, 3.05) is 19.7 Å². The number of nitrogens with zero attached hydrogens (tertiary/aromatic N) is 3. The molecule has 0 saturated carbocycles. The monoisotopic (exact) mass is 321 g/mol. The molecule has 5 heteroatoms. The molecule has 1 aromatic heterocycles. The van der Waals surface area contributed by atoms with Crippen molar-refractivity contribution in [3.8, 4) is 6.07 Å². The number of aromatic nitrogens is 1. The molecule has 1 unspecified atom stereocenters. The summed E-state index contributed by atoms with van der Waals surface area (Å²) >= 11 is 0. The second-order valence-corrected chi connectivity index (χ2v) is 5.75. The number of nitriles is 1. The number of pyridine rings is 1. The summed E-state index contributed by atoms with van der Waals surface area (Å²) < 4.78 is 5.84. The molecule has 5 nitrogen and oxygen atoms in total. The highest BCUT2D eigenvalue weighted by molar-refractivity contribution is 5.94. The zero-order chi connectivity index (χ0) is 16.9. The number of rotatable bonds is 3. The van der Waals surface area contributed by atoms with E-state index in [1.807, 2.05) is 6.07 Å². The van der Waals surface area contributed by atoms with Crippen LogP contribution < -0.4 is 0 Å². The van der Waals surface area contributed by atoms with Crippen molar-refractivity contribution in [1.29, 1.82) is 5.26 Å². The summed E-state index contributed by atoms with van der Waals surface area (Å²) in [5.41, 5.74) is 3.10. The third-order valence-electron chi connectivity index (χ3n) is 4.23. The van der Waals surface area contributed by atoms with Gasteiger partial charge in [0.05, 0.1) is 13.2 Å². The van der Waals surface area contributed by atoms with E-state index in [0.29, 0.717) is 25.3 Å². The number of benzene rings is 1. The van der Waals surface area contributed by atoms with Crippen LogP contribution in [0.5, 0.6) is 0 Å². The topological polar surface area (TPSA) is 66.2 Å².